The maximum Gasteiger partial charge on any atom is 0.272 e. The minimum absolute atomic E-state index is 0.00868. The number of benzene rings is 2. The second kappa shape index (κ2) is 5.70. The number of hydrogen-bond acceptors (Lipinski definition) is 3. The van der Waals surface area contributed by atoms with Gasteiger partial charge in [0.15, 0.2) is 0 Å². The zero-order valence-electron chi connectivity index (χ0n) is 11.5. The van der Waals surface area contributed by atoms with Gasteiger partial charge in [-0.3, -0.25) is 14.9 Å². The van der Waals surface area contributed by atoms with Crippen LogP contribution in [0.5, 0.6) is 0 Å². The lowest BCUT2D eigenvalue weighted by molar-refractivity contribution is -0.385. The summed E-state index contributed by atoms with van der Waals surface area (Å²) in [7, 11) is 0. The number of carbonyl (C=O) groups excluding carboxylic acids is 1. The van der Waals surface area contributed by atoms with Gasteiger partial charge in [-0.25, -0.2) is 4.39 Å². The van der Waals surface area contributed by atoms with Crippen molar-refractivity contribution >= 4 is 17.3 Å². The van der Waals surface area contributed by atoms with Crippen molar-refractivity contribution in [2.75, 3.05) is 5.32 Å². The molecule has 0 aliphatic rings. The molecular formula is C15H13FN2O3. The molecule has 2 aromatic carbocycles. The second-order valence-electron chi connectivity index (χ2n) is 4.68. The van der Waals surface area contributed by atoms with Crippen molar-refractivity contribution in [1.82, 2.24) is 0 Å². The van der Waals surface area contributed by atoms with Gasteiger partial charge in [0, 0.05) is 22.9 Å². The standard InChI is InChI=1S/C15H13FN2O3/c1-9-7-11(3-5-13(9)16)15(19)17-12-4-6-14(18(20)21)10(2)8-12/h3-8H,1-2H3,(H,17,19). The molecule has 1 N–H and O–H groups in total. The fraction of sp³-hybridized carbons (Fsp3) is 0.133. The molecule has 0 saturated heterocycles. The molecule has 2 rings (SSSR count). The molecule has 2 aromatic rings. The van der Waals surface area contributed by atoms with Crippen molar-refractivity contribution < 1.29 is 14.1 Å². The average Bonchev–Trinajstić information content (AvgIpc) is 2.41. The number of nitrogens with zero attached hydrogens (tertiary/aromatic N) is 1. The number of nitro groups is 1. The van der Waals surface area contributed by atoms with Gasteiger partial charge in [0.25, 0.3) is 11.6 Å². The van der Waals surface area contributed by atoms with Gasteiger partial charge in [0.05, 0.1) is 4.92 Å². The summed E-state index contributed by atoms with van der Waals surface area (Å²) >= 11 is 0. The lowest BCUT2D eigenvalue weighted by Gasteiger charge is -2.07. The van der Waals surface area contributed by atoms with Crippen molar-refractivity contribution in [3.05, 3.63) is 69.0 Å². The largest absolute Gasteiger partial charge is 0.322 e. The third kappa shape index (κ3) is 3.22. The van der Waals surface area contributed by atoms with E-state index in [2.05, 4.69) is 5.32 Å². The first-order chi connectivity index (χ1) is 9.88. The van der Waals surface area contributed by atoms with E-state index >= 15 is 0 Å². The quantitative estimate of drug-likeness (QED) is 0.692. The molecule has 0 atom stereocenters. The van der Waals surface area contributed by atoms with E-state index in [-0.39, 0.29) is 11.5 Å². The molecule has 0 unspecified atom stereocenters. The third-order valence-electron chi connectivity index (χ3n) is 3.07. The molecule has 1 amide bonds. The predicted molar refractivity (Wildman–Crippen MR) is 76.9 cm³/mol. The molecule has 0 heterocycles. The van der Waals surface area contributed by atoms with Crippen molar-refractivity contribution in [3.8, 4) is 0 Å². The summed E-state index contributed by atoms with van der Waals surface area (Å²) in [4.78, 5) is 22.3. The fourth-order valence-corrected chi connectivity index (χ4v) is 1.93. The summed E-state index contributed by atoms with van der Waals surface area (Å²) in [5.74, 6) is -0.774. The molecule has 108 valence electrons. The molecule has 0 spiro atoms. The van der Waals surface area contributed by atoms with Crippen LogP contribution in [0.25, 0.3) is 0 Å². The normalized spacial score (nSPS) is 10.2. The van der Waals surface area contributed by atoms with Gasteiger partial charge in [-0.05, 0) is 49.7 Å². The van der Waals surface area contributed by atoms with E-state index in [1.165, 1.54) is 36.4 Å². The highest BCUT2D eigenvalue weighted by molar-refractivity contribution is 6.04. The van der Waals surface area contributed by atoms with Crippen LogP contribution in [-0.2, 0) is 0 Å². The van der Waals surface area contributed by atoms with Gasteiger partial charge in [-0.2, -0.15) is 0 Å². The SMILES string of the molecule is Cc1cc(C(=O)Nc2ccc([N+](=O)[O-])c(C)c2)ccc1F. The van der Waals surface area contributed by atoms with E-state index in [1.54, 1.807) is 13.8 Å². The van der Waals surface area contributed by atoms with E-state index in [9.17, 15) is 19.3 Å². The van der Waals surface area contributed by atoms with E-state index in [0.29, 0.717) is 22.4 Å². The van der Waals surface area contributed by atoms with Gasteiger partial charge < -0.3 is 5.32 Å². The van der Waals surface area contributed by atoms with Crippen LogP contribution in [0.1, 0.15) is 21.5 Å². The zero-order chi connectivity index (χ0) is 15.6. The maximum atomic E-state index is 13.2. The minimum Gasteiger partial charge on any atom is -0.322 e. The van der Waals surface area contributed by atoms with Gasteiger partial charge >= 0.3 is 0 Å². The Bertz CT molecular complexity index is 729. The van der Waals surface area contributed by atoms with Crippen LogP contribution in [-0.4, -0.2) is 10.8 Å². The van der Waals surface area contributed by atoms with Gasteiger partial charge in [-0.15, -0.1) is 0 Å². The van der Waals surface area contributed by atoms with Crippen LogP contribution in [0, 0.1) is 29.8 Å². The van der Waals surface area contributed by atoms with Gasteiger partial charge in [0.2, 0.25) is 0 Å². The van der Waals surface area contributed by atoms with Crippen molar-refractivity contribution in [3.63, 3.8) is 0 Å². The minimum atomic E-state index is -0.482. The number of rotatable bonds is 3. The Hall–Kier alpha value is -2.76. The molecule has 0 aliphatic heterocycles. The van der Waals surface area contributed by atoms with Crippen LogP contribution >= 0.6 is 0 Å². The second-order valence-corrected chi connectivity index (χ2v) is 4.68. The molecule has 0 aliphatic carbocycles. The average molecular weight is 288 g/mol. The number of aryl methyl sites for hydroxylation is 2. The first kappa shape index (κ1) is 14.6. The number of nitrogens with one attached hydrogen (secondary N) is 1. The number of amides is 1. The first-order valence-corrected chi connectivity index (χ1v) is 6.21. The molecule has 5 nitrogen and oxygen atoms in total. The Labute approximate surface area is 120 Å². The van der Waals surface area contributed by atoms with Crippen molar-refractivity contribution in [1.29, 1.82) is 0 Å². The van der Waals surface area contributed by atoms with E-state index < -0.39 is 10.8 Å². The summed E-state index contributed by atoms with van der Waals surface area (Å²) in [6.07, 6.45) is 0. The Balaban J connectivity index is 2.21. The Morgan fingerprint density at radius 1 is 1.14 bits per heavy atom. The molecule has 6 heteroatoms. The lowest BCUT2D eigenvalue weighted by Crippen LogP contribution is -2.12. The number of nitro benzene ring substituents is 1. The summed E-state index contributed by atoms with van der Waals surface area (Å²) in [6.45, 7) is 3.16. The van der Waals surface area contributed by atoms with Crippen LogP contribution in [0.15, 0.2) is 36.4 Å². The Kier molecular flexibility index (Phi) is 3.98. The summed E-state index contributed by atoms with van der Waals surface area (Å²) in [6, 6.07) is 8.37. The number of anilines is 1. The zero-order valence-corrected chi connectivity index (χ0v) is 11.5. The predicted octanol–water partition coefficient (Wildman–Crippen LogP) is 3.60. The van der Waals surface area contributed by atoms with Crippen molar-refractivity contribution in [2.45, 2.75) is 13.8 Å². The maximum absolute atomic E-state index is 13.2. The van der Waals surface area contributed by atoms with E-state index in [0.717, 1.165) is 0 Å². The van der Waals surface area contributed by atoms with E-state index in [4.69, 9.17) is 0 Å². The number of carbonyl (C=O) groups is 1. The molecule has 0 bridgehead atoms. The smallest absolute Gasteiger partial charge is 0.272 e. The Morgan fingerprint density at radius 3 is 2.43 bits per heavy atom. The fourth-order valence-electron chi connectivity index (χ4n) is 1.93. The molecule has 0 fully saturated rings. The number of hydrogen-bond donors (Lipinski definition) is 1. The molecule has 0 aromatic heterocycles. The Morgan fingerprint density at radius 2 is 1.86 bits per heavy atom. The highest BCUT2D eigenvalue weighted by Gasteiger charge is 2.12. The molecule has 21 heavy (non-hydrogen) atoms. The monoisotopic (exact) mass is 288 g/mol. The summed E-state index contributed by atoms with van der Waals surface area (Å²) < 4.78 is 13.2. The molecular weight excluding hydrogens is 275 g/mol. The highest BCUT2D eigenvalue weighted by atomic mass is 19.1. The van der Waals surface area contributed by atoms with Crippen LogP contribution in [0.2, 0.25) is 0 Å². The highest BCUT2D eigenvalue weighted by Crippen LogP contribution is 2.22. The summed E-state index contributed by atoms with van der Waals surface area (Å²) in [5.41, 5.74) is 1.59. The topological polar surface area (TPSA) is 72.2 Å². The van der Waals surface area contributed by atoms with Crippen LogP contribution in [0.4, 0.5) is 15.8 Å². The summed E-state index contributed by atoms with van der Waals surface area (Å²) in [5, 5.41) is 13.4. The van der Waals surface area contributed by atoms with Gasteiger partial charge in [0.1, 0.15) is 5.82 Å². The molecule has 0 saturated carbocycles. The first-order valence-electron chi connectivity index (χ1n) is 6.21. The van der Waals surface area contributed by atoms with E-state index in [1.807, 2.05) is 0 Å². The van der Waals surface area contributed by atoms with Crippen molar-refractivity contribution in [2.24, 2.45) is 0 Å². The van der Waals surface area contributed by atoms with Crippen LogP contribution < -0.4 is 5.32 Å². The van der Waals surface area contributed by atoms with Gasteiger partial charge in [-0.1, -0.05) is 0 Å². The number of halogens is 1. The lowest BCUT2D eigenvalue weighted by atomic mass is 10.1. The molecule has 0 radical (unpaired) electrons. The third-order valence-corrected chi connectivity index (χ3v) is 3.07. The van der Waals surface area contributed by atoms with Crippen LogP contribution in [0.3, 0.4) is 0 Å².